The van der Waals surface area contributed by atoms with Gasteiger partial charge in [0, 0.05) is 24.0 Å². The summed E-state index contributed by atoms with van der Waals surface area (Å²) < 4.78 is 13.4. The fraction of sp³-hybridized carbons (Fsp3) is 0.350. The maximum Gasteiger partial charge on any atom is 0.319 e. The SMILES string of the molecule is C=C(C)c1cc(-c2cc(NC(=O)NCCC(C)(C)F)cnc2C)ccn1. The van der Waals surface area contributed by atoms with Crippen LogP contribution >= 0.6 is 0 Å². The number of anilines is 1. The third kappa shape index (κ3) is 5.65. The van der Waals surface area contributed by atoms with Crippen LogP contribution in [0.25, 0.3) is 16.7 Å². The van der Waals surface area contributed by atoms with Crippen LogP contribution in [0, 0.1) is 6.92 Å². The topological polar surface area (TPSA) is 66.9 Å². The molecule has 0 aliphatic rings. The summed E-state index contributed by atoms with van der Waals surface area (Å²) >= 11 is 0. The van der Waals surface area contributed by atoms with Crippen molar-refractivity contribution in [3.63, 3.8) is 0 Å². The van der Waals surface area contributed by atoms with Crippen LogP contribution in [0.5, 0.6) is 0 Å². The van der Waals surface area contributed by atoms with Crippen molar-refractivity contribution in [2.75, 3.05) is 11.9 Å². The highest BCUT2D eigenvalue weighted by atomic mass is 19.1. The van der Waals surface area contributed by atoms with E-state index in [-0.39, 0.29) is 19.0 Å². The number of hydrogen-bond donors (Lipinski definition) is 2. The fourth-order valence-corrected chi connectivity index (χ4v) is 2.37. The normalized spacial score (nSPS) is 11.1. The van der Waals surface area contributed by atoms with Crippen LogP contribution in [0.4, 0.5) is 14.9 Å². The van der Waals surface area contributed by atoms with E-state index >= 15 is 0 Å². The molecule has 2 heterocycles. The van der Waals surface area contributed by atoms with Gasteiger partial charge in [-0.3, -0.25) is 9.97 Å². The molecule has 0 fully saturated rings. The highest BCUT2D eigenvalue weighted by Gasteiger charge is 2.15. The van der Waals surface area contributed by atoms with Gasteiger partial charge in [-0.15, -0.1) is 0 Å². The molecule has 0 spiro atoms. The summed E-state index contributed by atoms with van der Waals surface area (Å²) in [5.74, 6) is 0. The van der Waals surface area contributed by atoms with Crippen LogP contribution in [-0.2, 0) is 0 Å². The van der Waals surface area contributed by atoms with E-state index in [1.807, 2.05) is 32.0 Å². The number of aromatic nitrogens is 2. The molecule has 0 aliphatic carbocycles. The minimum Gasteiger partial charge on any atom is -0.338 e. The lowest BCUT2D eigenvalue weighted by Gasteiger charge is -2.15. The number of pyridine rings is 2. The molecule has 2 N–H and O–H groups in total. The summed E-state index contributed by atoms with van der Waals surface area (Å²) in [5.41, 5.74) is 3.64. The van der Waals surface area contributed by atoms with E-state index in [2.05, 4.69) is 27.2 Å². The van der Waals surface area contributed by atoms with Gasteiger partial charge in [-0.05, 0) is 63.5 Å². The third-order valence-electron chi connectivity index (χ3n) is 3.86. The van der Waals surface area contributed by atoms with Gasteiger partial charge in [-0.2, -0.15) is 0 Å². The predicted octanol–water partition coefficient (Wildman–Crippen LogP) is 4.74. The van der Waals surface area contributed by atoms with Gasteiger partial charge in [0.2, 0.25) is 0 Å². The number of amides is 2. The van der Waals surface area contributed by atoms with Crippen molar-refractivity contribution in [1.29, 1.82) is 0 Å². The van der Waals surface area contributed by atoms with Gasteiger partial charge in [0.15, 0.2) is 0 Å². The van der Waals surface area contributed by atoms with E-state index in [1.54, 1.807) is 12.4 Å². The largest absolute Gasteiger partial charge is 0.338 e. The number of rotatable bonds is 6. The zero-order valence-electron chi connectivity index (χ0n) is 15.7. The Kier molecular flexibility index (Phi) is 6.08. The maximum atomic E-state index is 13.4. The molecule has 0 radical (unpaired) electrons. The fourth-order valence-electron chi connectivity index (χ4n) is 2.37. The second-order valence-electron chi connectivity index (χ2n) is 6.92. The monoisotopic (exact) mass is 356 g/mol. The highest BCUT2D eigenvalue weighted by Crippen LogP contribution is 2.26. The van der Waals surface area contributed by atoms with E-state index in [4.69, 9.17) is 0 Å². The van der Waals surface area contributed by atoms with Crippen molar-refractivity contribution in [3.05, 3.63) is 48.6 Å². The Morgan fingerprint density at radius 2 is 2.04 bits per heavy atom. The Morgan fingerprint density at radius 1 is 1.31 bits per heavy atom. The Morgan fingerprint density at radius 3 is 2.69 bits per heavy atom. The van der Waals surface area contributed by atoms with Crippen molar-refractivity contribution in [1.82, 2.24) is 15.3 Å². The van der Waals surface area contributed by atoms with Crippen molar-refractivity contribution < 1.29 is 9.18 Å². The number of nitrogens with one attached hydrogen (secondary N) is 2. The number of hydrogen-bond acceptors (Lipinski definition) is 3. The zero-order valence-corrected chi connectivity index (χ0v) is 15.7. The second kappa shape index (κ2) is 8.08. The van der Waals surface area contributed by atoms with Crippen LogP contribution in [0.1, 0.15) is 38.6 Å². The van der Waals surface area contributed by atoms with Gasteiger partial charge in [0.25, 0.3) is 0 Å². The summed E-state index contributed by atoms with van der Waals surface area (Å²) in [5, 5.41) is 5.38. The number of aryl methyl sites for hydroxylation is 1. The van der Waals surface area contributed by atoms with Gasteiger partial charge in [0.1, 0.15) is 5.67 Å². The summed E-state index contributed by atoms with van der Waals surface area (Å²) in [7, 11) is 0. The molecule has 0 unspecified atom stereocenters. The van der Waals surface area contributed by atoms with Crippen LogP contribution in [0.15, 0.2) is 37.2 Å². The van der Waals surface area contributed by atoms with E-state index in [0.717, 1.165) is 28.1 Å². The first kappa shape index (κ1) is 19.6. The van der Waals surface area contributed by atoms with Gasteiger partial charge in [-0.1, -0.05) is 6.58 Å². The zero-order chi connectivity index (χ0) is 19.3. The smallest absolute Gasteiger partial charge is 0.319 e. The Hall–Kier alpha value is -2.76. The molecule has 0 aromatic carbocycles. The van der Waals surface area contributed by atoms with E-state index in [0.29, 0.717) is 5.69 Å². The van der Waals surface area contributed by atoms with Crippen molar-refractivity contribution in [2.24, 2.45) is 0 Å². The highest BCUT2D eigenvalue weighted by molar-refractivity contribution is 5.90. The number of carbonyl (C=O) groups excluding carboxylic acids is 1. The molecule has 2 aromatic heterocycles. The molecule has 0 bridgehead atoms. The lowest BCUT2D eigenvalue weighted by atomic mass is 10.0. The van der Waals surface area contributed by atoms with Gasteiger partial charge in [-0.25, -0.2) is 9.18 Å². The van der Waals surface area contributed by atoms with Gasteiger partial charge >= 0.3 is 6.03 Å². The standard InChI is InChI=1S/C20H25FN4O/c1-13(2)18-10-15(6-8-22-18)17-11-16(12-24-14(17)3)25-19(26)23-9-7-20(4,5)21/h6,8,10-12H,1,7,9H2,2-5H3,(H2,23,25,26). The van der Waals surface area contributed by atoms with Gasteiger partial charge in [0.05, 0.1) is 17.6 Å². The molecule has 0 atom stereocenters. The summed E-state index contributed by atoms with van der Waals surface area (Å²) in [6.07, 6.45) is 3.57. The number of nitrogens with zero attached hydrogens (tertiary/aromatic N) is 2. The summed E-state index contributed by atoms with van der Waals surface area (Å²) in [6.45, 7) is 10.9. The minimum atomic E-state index is -1.31. The van der Waals surface area contributed by atoms with Crippen molar-refractivity contribution in [3.8, 4) is 11.1 Å². The molecule has 138 valence electrons. The first-order valence-electron chi connectivity index (χ1n) is 8.48. The Balaban J connectivity index is 2.13. The molecular weight excluding hydrogens is 331 g/mol. The first-order valence-corrected chi connectivity index (χ1v) is 8.48. The molecule has 6 heteroatoms. The average Bonchev–Trinajstić information content (AvgIpc) is 2.55. The quantitative estimate of drug-likeness (QED) is 0.785. The van der Waals surface area contributed by atoms with Crippen molar-refractivity contribution >= 4 is 17.3 Å². The predicted molar refractivity (Wildman–Crippen MR) is 104 cm³/mol. The first-order chi connectivity index (χ1) is 12.2. The molecule has 0 saturated carbocycles. The Bertz CT molecular complexity index is 812. The minimum absolute atomic E-state index is 0.249. The number of alkyl halides is 1. The number of allylic oxidation sites excluding steroid dienone is 1. The lowest BCUT2D eigenvalue weighted by Crippen LogP contribution is -2.32. The second-order valence-corrected chi connectivity index (χ2v) is 6.92. The Labute approximate surface area is 153 Å². The molecular formula is C20H25FN4O. The molecule has 5 nitrogen and oxygen atoms in total. The molecule has 2 aromatic rings. The lowest BCUT2D eigenvalue weighted by molar-refractivity contribution is 0.200. The van der Waals surface area contributed by atoms with E-state index < -0.39 is 5.67 Å². The number of carbonyl (C=O) groups is 1. The van der Waals surface area contributed by atoms with E-state index in [9.17, 15) is 9.18 Å². The van der Waals surface area contributed by atoms with Crippen LogP contribution in [0.2, 0.25) is 0 Å². The van der Waals surface area contributed by atoms with Crippen LogP contribution < -0.4 is 10.6 Å². The molecule has 0 saturated heterocycles. The average molecular weight is 356 g/mol. The maximum absolute atomic E-state index is 13.4. The van der Waals surface area contributed by atoms with E-state index in [1.165, 1.54) is 13.8 Å². The number of halogens is 1. The molecule has 2 amide bonds. The summed E-state index contributed by atoms with van der Waals surface area (Å²) in [4.78, 5) is 20.6. The number of urea groups is 1. The molecule has 0 aliphatic heterocycles. The van der Waals surface area contributed by atoms with Gasteiger partial charge < -0.3 is 10.6 Å². The molecule has 2 rings (SSSR count). The van der Waals surface area contributed by atoms with Crippen LogP contribution in [-0.4, -0.2) is 28.2 Å². The third-order valence-corrected chi connectivity index (χ3v) is 3.86. The molecule has 26 heavy (non-hydrogen) atoms. The van der Waals surface area contributed by atoms with Crippen molar-refractivity contribution in [2.45, 2.75) is 39.8 Å². The summed E-state index contributed by atoms with van der Waals surface area (Å²) in [6, 6.07) is 5.31. The van der Waals surface area contributed by atoms with Crippen LogP contribution in [0.3, 0.4) is 0 Å².